The second-order valence-electron chi connectivity index (χ2n) is 2.32. The number of phenolic OH excluding ortho intramolecular Hbond substituents is 1. The van der Waals surface area contributed by atoms with Gasteiger partial charge in [0.1, 0.15) is 0 Å². The van der Waals surface area contributed by atoms with Gasteiger partial charge in [0, 0.05) is 6.92 Å². The van der Waals surface area contributed by atoms with Crippen molar-refractivity contribution in [3.05, 3.63) is 23.8 Å². The van der Waals surface area contributed by atoms with E-state index < -0.39 is 23.4 Å². The normalized spacial score (nSPS) is 8.79. The molecular weight excluding hydrogens is 297 g/mol. The molecule has 74 valence electrons. The summed E-state index contributed by atoms with van der Waals surface area (Å²) in [6.07, 6.45) is 0. The summed E-state index contributed by atoms with van der Waals surface area (Å²) in [6.45, 7) is 1.08. The predicted molar refractivity (Wildman–Crippen MR) is 46.7 cm³/mol. The van der Waals surface area contributed by atoms with E-state index in [1.807, 2.05) is 0 Å². The monoisotopic (exact) mass is 304 g/mol. The molecule has 0 aliphatic carbocycles. The number of carbonyl (C=O) groups is 1. The zero-order chi connectivity index (χ0) is 11.3. The first kappa shape index (κ1) is 13.2. The number of carboxylic acids is 1. The van der Waals surface area contributed by atoms with Crippen LogP contribution in [0.4, 0.5) is 8.78 Å². The van der Waals surface area contributed by atoms with E-state index in [9.17, 15) is 8.78 Å². The molecule has 0 fully saturated rings. The SMILES string of the molecule is CC(=O)O.Oc1c(F)cc[c]([In])c1F. The van der Waals surface area contributed by atoms with Crippen LogP contribution >= 0.6 is 0 Å². The molecule has 0 aliphatic rings. The summed E-state index contributed by atoms with van der Waals surface area (Å²) in [5.74, 6) is -3.44. The average Bonchev–Trinajstić information content (AvgIpc) is 2.07. The summed E-state index contributed by atoms with van der Waals surface area (Å²) in [5, 5.41) is 16.1. The Morgan fingerprint density at radius 1 is 1.43 bits per heavy atom. The molecular formula is C8H7F2InO3. The van der Waals surface area contributed by atoms with Gasteiger partial charge in [-0.05, 0) is 0 Å². The molecule has 2 radical (unpaired) electrons. The van der Waals surface area contributed by atoms with Crippen LogP contribution in [0.5, 0.6) is 5.75 Å². The second kappa shape index (κ2) is 5.85. The maximum atomic E-state index is 12.5. The van der Waals surface area contributed by atoms with Crippen LogP contribution < -0.4 is 3.32 Å². The third-order valence-electron chi connectivity index (χ3n) is 1.10. The number of aromatic hydroxyl groups is 1. The molecule has 0 saturated heterocycles. The Labute approximate surface area is 93.9 Å². The molecule has 0 spiro atoms. The predicted octanol–water partition coefficient (Wildman–Crippen LogP) is 0.555. The number of phenols is 1. The molecule has 0 atom stereocenters. The van der Waals surface area contributed by atoms with Gasteiger partial charge in [0.2, 0.25) is 0 Å². The van der Waals surface area contributed by atoms with E-state index in [2.05, 4.69) is 0 Å². The number of hydrogen-bond donors (Lipinski definition) is 2. The summed E-state index contributed by atoms with van der Waals surface area (Å²) in [4.78, 5) is 9.00. The van der Waals surface area contributed by atoms with Gasteiger partial charge in [0.15, 0.2) is 0 Å². The van der Waals surface area contributed by atoms with Crippen molar-refractivity contribution in [2.24, 2.45) is 0 Å². The fourth-order valence-corrected chi connectivity index (χ4v) is 1.22. The molecule has 0 aliphatic heterocycles. The van der Waals surface area contributed by atoms with Gasteiger partial charge in [-0.3, -0.25) is 4.79 Å². The minimum absolute atomic E-state index is 0.365. The molecule has 0 saturated carbocycles. The second-order valence-corrected chi connectivity index (χ2v) is 4.09. The van der Waals surface area contributed by atoms with E-state index in [1.165, 1.54) is 6.07 Å². The van der Waals surface area contributed by atoms with Crippen LogP contribution in [0.15, 0.2) is 12.1 Å². The first-order chi connectivity index (χ1) is 6.36. The van der Waals surface area contributed by atoms with E-state index in [1.54, 1.807) is 0 Å². The Hall–Kier alpha value is -0.780. The van der Waals surface area contributed by atoms with Crippen molar-refractivity contribution in [3.8, 4) is 5.75 Å². The zero-order valence-electron chi connectivity index (χ0n) is 7.29. The number of carboxylic acid groups (broad SMARTS) is 1. The number of benzene rings is 1. The zero-order valence-corrected chi connectivity index (χ0v) is 10.6. The van der Waals surface area contributed by atoms with Gasteiger partial charge in [-0.1, -0.05) is 0 Å². The van der Waals surface area contributed by atoms with Crippen molar-refractivity contribution < 1.29 is 23.8 Å². The first-order valence-corrected chi connectivity index (χ1v) is 5.13. The van der Waals surface area contributed by atoms with Crippen molar-refractivity contribution >= 4 is 33.7 Å². The Balaban J connectivity index is 0.000000364. The molecule has 0 unspecified atom stereocenters. The van der Waals surface area contributed by atoms with Gasteiger partial charge in [0.25, 0.3) is 5.97 Å². The molecule has 1 aromatic carbocycles. The van der Waals surface area contributed by atoms with Gasteiger partial charge < -0.3 is 5.11 Å². The molecule has 14 heavy (non-hydrogen) atoms. The van der Waals surface area contributed by atoms with Crippen LogP contribution in [-0.4, -0.2) is 40.6 Å². The van der Waals surface area contributed by atoms with E-state index >= 15 is 0 Å². The van der Waals surface area contributed by atoms with Crippen LogP contribution in [-0.2, 0) is 4.79 Å². The number of hydrogen-bond acceptors (Lipinski definition) is 2. The van der Waals surface area contributed by atoms with Crippen molar-refractivity contribution in [1.29, 1.82) is 0 Å². The summed E-state index contributed by atoms with van der Waals surface area (Å²) in [7, 11) is 0. The topological polar surface area (TPSA) is 57.5 Å². The summed E-state index contributed by atoms with van der Waals surface area (Å²) in [6, 6.07) is 2.38. The average molecular weight is 304 g/mol. The summed E-state index contributed by atoms with van der Waals surface area (Å²) >= 11 is 0.534. The fraction of sp³-hybridized carbons (Fsp3) is 0.125. The maximum absolute atomic E-state index is 12.5. The first-order valence-electron chi connectivity index (χ1n) is 3.48. The van der Waals surface area contributed by atoms with E-state index in [0.29, 0.717) is 27.7 Å². The van der Waals surface area contributed by atoms with Crippen molar-refractivity contribution in [3.63, 3.8) is 0 Å². The Kier molecular flexibility index (Phi) is 5.52. The minimum atomic E-state index is -0.907. The molecule has 1 rings (SSSR count). The van der Waals surface area contributed by atoms with Gasteiger partial charge in [-0.25, -0.2) is 0 Å². The third-order valence-corrected chi connectivity index (χ3v) is 2.37. The van der Waals surface area contributed by atoms with E-state index in [4.69, 9.17) is 15.0 Å². The van der Waals surface area contributed by atoms with Crippen molar-refractivity contribution in [1.82, 2.24) is 0 Å². The number of halogens is 2. The van der Waals surface area contributed by atoms with Crippen LogP contribution in [0.1, 0.15) is 6.92 Å². The Morgan fingerprint density at radius 3 is 2.21 bits per heavy atom. The Bertz CT molecular complexity index is 311. The summed E-state index contributed by atoms with van der Waals surface area (Å²) in [5.41, 5.74) is 0. The van der Waals surface area contributed by atoms with E-state index in [-0.39, 0.29) is 0 Å². The van der Waals surface area contributed by atoms with Crippen LogP contribution in [0.25, 0.3) is 0 Å². The van der Waals surface area contributed by atoms with Gasteiger partial charge in [0.05, 0.1) is 0 Å². The van der Waals surface area contributed by atoms with Gasteiger partial charge >= 0.3 is 71.1 Å². The molecule has 1 aromatic rings. The molecule has 3 nitrogen and oxygen atoms in total. The fourth-order valence-electron chi connectivity index (χ4n) is 0.557. The van der Waals surface area contributed by atoms with E-state index in [0.717, 1.165) is 13.0 Å². The number of rotatable bonds is 0. The number of aliphatic carboxylic acids is 1. The molecule has 0 bridgehead atoms. The van der Waals surface area contributed by atoms with Crippen LogP contribution in [0.2, 0.25) is 0 Å². The van der Waals surface area contributed by atoms with Crippen LogP contribution in [0.3, 0.4) is 0 Å². The molecule has 0 heterocycles. The third kappa shape index (κ3) is 4.45. The summed E-state index contributed by atoms with van der Waals surface area (Å²) < 4.78 is 25.2. The molecule has 6 heteroatoms. The van der Waals surface area contributed by atoms with Gasteiger partial charge in [-0.2, -0.15) is 0 Å². The van der Waals surface area contributed by atoms with Crippen molar-refractivity contribution in [2.75, 3.05) is 0 Å². The molecule has 2 N–H and O–H groups in total. The molecule has 0 amide bonds. The quantitative estimate of drug-likeness (QED) is 0.736. The molecule has 0 aromatic heterocycles. The van der Waals surface area contributed by atoms with Crippen molar-refractivity contribution in [2.45, 2.75) is 6.92 Å². The standard InChI is InChI=1S/C6H3F2O.C2H4O2.In/c7-4-2-1-3-5(8)6(4)9;1-2(3)4;/h1-2,9H;1H3,(H,3,4);. The Morgan fingerprint density at radius 2 is 1.86 bits per heavy atom. The van der Waals surface area contributed by atoms with Crippen LogP contribution in [0, 0.1) is 11.6 Å². The van der Waals surface area contributed by atoms with Gasteiger partial charge in [-0.15, -0.1) is 0 Å².